The van der Waals surface area contributed by atoms with Gasteiger partial charge in [-0.1, -0.05) is 30.3 Å². The van der Waals surface area contributed by atoms with Gasteiger partial charge in [0.05, 0.1) is 13.0 Å². The van der Waals surface area contributed by atoms with Crippen LogP contribution < -0.4 is 0 Å². The van der Waals surface area contributed by atoms with Crippen LogP contribution in [0.2, 0.25) is 0 Å². The van der Waals surface area contributed by atoms with Crippen molar-refractivity contribution in [3.8, 4) is 17.2 Å². The van der Waals surface area contributed by atoms with Gasteiger partial charge in [0.1, 0.15) is 22.8 Å². The monoisotopic (exact) mass is 330 g/mol. The minimum Gasteiger partial charge on any atom is -0.508 e. The number of rotatable bonds is 6. The number of hydrogen-bond donors (Lipinski definition) is 3. The average molecular weight is 330 g/mol. The quantitative estimate of drug-likeness (QED) is 0.555. The van der Waals surface area contributed by atoms with Gasteiger partial charge < -0.3 is 20.1 Å². The zero-order chi connectivity index (χ0) is 17.7. The van der Waals surface area contributed by atoms with Gasteiger partial charge in [0.25, 0.3) is 0 Å². The Kier molecular flexibility index (Phi) is 5.42. The van der Waals surface area contributed by atoms with Gasteiger partial charge in [-0.25, -0.2) is 0 Å². The molecule has 0 heterocycles. The summed E-state index contributed by atoms with van der Waals surface area (Å²) in [5, 5.41) is 28.9. The number of esters is 1. The third-order valence-electron chi connectivity index (χ3n) is 3.65. The molecule has 0 saturated heterocycles. The van der Waals surface area contributed by atoms with Gasteiger partial charge >= 0.3 is 5.97 Å². The van der Waals surface area contributed by atoms with Crippen molar-refractivity contribution in [2.24, 2.45) is 5.92 Å². The third-order valence-corrected chi connectivity index (χ3v) is 3.65. The first kappa shape index (κ1) is 17.3. The second-order valence-electron chi connectivity index (χ2n) is 5.40. The molecular weight excluding hydrogens is 312 g/mol. The smallest absolute Gasteiger partial charge is 0.309 e. The minimum absolute atomic E-state index is 0.243. The zero-order valence-electron chi connectivity index (χ0n) is 13.1. The highest BCUT2D eigenvalue weighted by atomic mass is 16.5. The highest BCUT2D eigenvalue weighted by Crippen LogP contribution is 2.33. The van der Waals surface area contributed by atoms with E-state index < -0.39 is 29.2 Å². The summed E-state index contributed by atoms with van der Waals surface area (Å²) in [7, 11) is 1.24. The van der Waals surface area contributed by atoms with Crippen LogP contribution in [0, 0.1) is 5.92 Å². The summed E-state index contributed by atoms with van der Waals surface area (Å²) < 4.78 is 4.74. The molecule has 0 fully saturated rings. The molecule has 1 atom stereocenters. The van der Waals surface area contributed by atoms with E-state index >= 15 is 0 Å². The number of methoxy groups -OCH3 is 1. The number of aromatic hydroxyl groups is 3. The van der Waals surface area contributed by atoms with Gasteiger partial charge in [0.2, 0.25) is 0 Å². The minimum atomic E-state index is -0.752. The zero-order valence-corrected chi connectivity index (χ0v) is 13.1. The molecule has 6 heteroatoms. The predicted molar refractivity (Wildman–Crippen MR) is 86.0 cm³/mol. The molecule has 0 aromatic heterocycles. The Balaban J connectivity index is 2.23. The molecule has 24 heavy (non-hydrogen) atoms. The fraction of sp³-hybridized carbons (Fsp3) is 0.222. The SMILES string of the molecule is COC(=O)[C@@H](CC(=O)c1c(O)cc(O)cc1O)Cc1ccccc1. The van der Waals surface area contributed by atoms with E-state index in [1.165, 1.54) is 7.11 Å². The summed E-state index contributed by atoms with van der Waals surface area (Å²) in [5.74, 6) is -3.36. The lowest BCUT2D eigenvalue weighted by Crippen LogP contribution is -2.22. The molecule has 0 amide bonds. The molecule has 0 aliphatic carbocycles. The fourth-order valence-electron chi connectivity index (χ4n) is 2.51. The number of hydrogen-bond acceptors (Lipinski definition) is 6. The maximum atomic E-state index is 12.4. The second-order valence-corrected chi connectivity index (χ2v) is 5.40. The summed E-state index contributed by atoms with van der Waals surface area (Å²) in [6.45, 7) is 0. The fourth-order valence-corrected chi connectivity index (χ4v) is 2.51. The maximum absolute atomic E-state index is 12.4. The van der Waals surface area contributed by atoms with Crippen molar-refractivity contribution < 1.29 is 29.6 Å². The molecule has 0 bridgehead atoms. The van der Waals surface area contributed by atoms with Crippen LogP contribution in [0.3, 0.4) is 0 Å². The Labute approximate surface area is 138 Å². The predicted octanol–water partition coefficient (Wildman–Crippen LogP) is 2.41. The van der Waals surface area contributed by atoms with Crippen LogP contribution in [-0.2, 0) is 16.0 Å². The number of phenolic OH excluding ortho intramolecular Hbond substituents is 3. The van der Waals surface area contributed by atoms with Crippen molar-refractivity contribution >= 4 is 11.8 Å². The van der Waals surface area contributed by atoms with E-state index in [9.17, 15) is 24.9 Å². The van der Waals surface area contributed by atoms with Crippen LogP contribution in [-0.4, -0.2) is 34.2 Å². The average Bonchev–Trinajstić information content (AvgIpc) is 2.53. The molecule has 2 aromatic carbocycles. The van der Waals surface area contributed by atoms with Gasteiger partial charge in [-0.15, -0.1) is 0 Å². The van der Waals surface area contributed by atoms with E-state index in [-0.39, 0.29) is 17.7 Å². The van der Waals surface area contributed by atoms with Crippen molar-refractivity contribution in [3.63, 3.8) is 0 Å². The lowest BCUT2D eigenvalue weighted by atomic mass is 9.91. The first-order valence-corrected chi connectivity index (χ1v) is 7.32. The molecule has 0 aliphatic rings. The molecule has 2 aromatic rings. The Hall–Kier alpha value is -3.02. The third kappa shape index (κ3) is 4.04. The summed E-state index contributed by atoms with van der Waals surface area (Å²) in [4.78, 5) is 24.4. The van der Waals surface area contributed by atoms with E-state index in [1.54, 1.807) is 0 Å². The lowest BCUT2D eigenvalue weighted by molar-refractivity contribution is -0.145. The molecule has 3 N–H and O–H groups in total. The summed E-state index contributed by atoms with van der Waals surface area (Å²) in [6.07, 6.45) is 0.0479. The molecule has 0 aliphatic heterocycles. The summed E-state index contributed by atoms with van der Waals surface area (Å²) >= 11 is 0. The number of benzene rings is 2. The van der Waals surface area contributed by atoms with Gasteiger partial charge in [0.15, 0.2) is 5.78 Å². The van der Waals surface area contributed by atoms with Crippen molar-refractivity contribution in [2.75, 3.05) is 7.11 Å². The molecule has 0 radical (unpaired) electrons. The van der Waals surface area contributed by atoms with E-state index in [2.05, 4.69) is 0 Å². The van der Waals surface area contributed by atoms with Crippen LogP contribution in [0.15, 0.2) is 42.5 Å². The van der Waals surface area contributed by atoms with Crippen molar-refractivity contribution in [2.45, 2.75) is 12.8 Å². The number of ketones is 1. The lowest BCUT2D eigenvalue weighted by Gasteiger charge is -2.15. The maximum Gasteiger partial charge on any atom is 0.309 e. The van der Waals surface area contributed by atoms with Crippen molar-refractivity contribution in [3.05, 3.63) is 53.6 Å². The molecule has 0 spiro atoms. The Morgan fingerprint density at radius 3 is 2.17 bits per heavy atom. The Morgan fingerprint density at radius 2 is 1.62 bits per heavy atom. The van der Waals surface area contributed by atoms with Crippen molar-refractivity contribution in [1.29, 1.82) is 0 Å². The van der Waals surface area contributed by atoms with Crippen LogP contribution >= 0.6 is 0 Å². The van der Waals surface area contributed by atoms with E-state index in [0.29, 0.717) is 6.42 Å². The van der Waals surface area contributed by atoms with E-state index in [0.717, 1.165) is 17.7 Å². The van der Waals surface area contributed by atoms with Crippen LogP contribution in [0.1, 0.15) is 22.3 Å². The topological polar surface area (TPSA) is 104 Å². The molecule has 0 unspecified atom stereocenters. The highest BCUT2D eigenvalue weighted by molar-refractivity contribution is 6.02. The number of phenols is 3. The number of carbonyl (C=O) groups is 2. The van der Waals surface area contributed by atoms with E-state index in [4.69, 9.17) is 4.74 Å². The molecule has 2 rings (SSSR count). The standard InChI is InChI=1S/C18H18O6/c1-24-18(23)12(7-11-5-3-2-4-6-11)8-14(20)17-15(21)9-13(19)10-16(17)22/h2-6,9-10,12,19,21-22H,7-8H2,1H3/t12-/m1/s1. The van der Waals surface area contributed by atoms with Gasteiger partial charge in [-0.2, -0.15) is 0 Å². The molecular formula is C18H18O6. The second kappa shape index (κ2) is 7.50. The Morgan fingerprint density at radius 1 is 1.04 bits per heavy atom. The van der Waals surface area contributed by atoms with E-state index in [1.807, 2.05) is 30.3 Å². The molecule has 0 saturated carbocycles. The highest BCUT2D eigenvalue weighted by Gasteiger charge is 2.27. The van der Waals surface area contributed by atoms with Crippen molar-refractivity contribution in [1.82, 2.24) is 0 Å². The Bertz CT molecular complexity index is 715. The molecule has 126 valence electrons. The molecule has 6 nitrogen and oxygen atoms in total. The number of ether oxygens (including phenoxy) is 1. The summed E-state index contributed by atoms with van der Waals surface area (Å²) in [5.41, 5.74) is 0.537. The number of Topliss-reactive ketones (excluding diaryl/α,β-unsaturated/α-hetero) is 1. The number of carbonyl (C=O) groups excluding carboxylic acids is 2. The van der Waals surface area contributed by atoms with Crippen LogP contribution in [0.4, 0.5) is 0 Å². The van der Waals surface area contributed by atoms with Gasteiger partial charge in [-0.05, 0) is 12.0 Å². The normalized spacial score (nSPS) is 11.7. The first-order valence-electron chi connectivity index (χ1n) is 7.32. The van der Waals surface area contributed by atoms with Gasteiger partial charge in [-0.3, -0.25) is 9.59 Å². The van der Waals surface area contributed by atoms with Crippen LogP contribution in [0.5, 0.6) is 17.2 Å². The van der Waals surface area contributed by atoms with Gasteiger partial charge in [0, 0.05) is 18.6 Å². The first-order chi connectivity index (χ1) is 11.4. The largest absolute Gasteiger partial charge is 0.508 e. The van der Waals surface area contributed by atoms with Crippen LogP contribution in [0.25, 0.3) is 0 Å². The summed E-state index contributed by atoms with van der Waals surface area (Å²) in [6, 6.07) is 11.1.